The van der Waals surface area contributed by atoms with E-state index in [1.807, 2.05) is 38.2 Å². The average Bonchev–Trinajstić information content (AvgIpc) is 3.90. The minimum absolute atomic E-state index is 0. The number of halogens is 1. The topological polar surface area (TPSA) is 110 Å². The highest BCUT2D eigenvalue weighted by molar-refractivity contribution is 5.85. The van der Waals surface area contributed by atoms with Crippen LogP contribution in [-0.2, 0) is 16.0 Å². The Balaban J connectivity index is 0.000000702. The summed E-state index contributed by atoms with van der Waals surface area (Å²) in [5.74, 6) is 0.885. The van der Waals surface area contributed by atoms with Gasteiger partial charge in [-0.15, -0.1) is 0 Å². The number of hydrogen-bond donors (Lipinski definition) is 3. The molecule has 4 N–H and O–H groups in total. The van der Waals surface area contributed by atoms with Crippen molar-refractivity contribution in [3.05, 3.63) is 101 Å². The van der Waals surface area contributed by atoms with Crippen molar-refractivity contribution in [1.29, 1.82) is 0 Å². The fourth-order valence-electron chi connectivity index (χ4n) is 5.08. The zero-order valence-electron chi connectivity index (χ0n) is 30.7. The predicted octanol–water partition coefficient (Wildman–Crippen LogP) is 9.45. The highest BCUT2D eigenvalue weighted by Crippen LogP contribution is 2.31. The molecule has 1 fully saturated rings. The van der Waals surface area contributed by atoms with Crippen LogP contribution in [0.15, 0.2) is 66.9 Å². The molecule has 1 atom stereocenters. The van der Waals surface area contributed by atoms with Gasteiger partial charge in [0.25, 0.3) is 0 Å². The number of benzene rings is 2. The number of nitrogens with zero attached hydrogens (tertiary/aromatic N) is 2. The standard InChI is InChI=1S/C31H34FN3.C4H8N2O2.C4H8.C2H6.CH4/c1-6-20(3)28-19-27(35-31(22(28)5)23-10-12-26(32)13-11-23)14-16-33-29(7-2)25-17-21(4)30-24(18-25)9-8-15-34-30;5-4(8)1-2-6-3-7;1-4-2-3-4;1-2;/h7-13,15,17-20,33H,6,14,16H2,1-5H3;3H,1-2H2,(H2,5,8)(H,6,7);4H,2-3H2,1H3;1-2H3;1H4/b29-7-;;;;. The summed E-state index contributed by atoms with van der Waals surface area (Å²) in [6, 6.07) is 17.4. The second kappa shape index (κ2) is 22.9. The zero-order valence-corrected chi connectivity index (χ0v) is 30.7. The average molecular weight is 686 g/mol. The van der Waals surface area contributed by atoms with Crippen LogP contribution in [0.25, 0.3) is 27.9 Å². The van der Waals surface area contributed by atoms with Gasteiger partial charge in [0.15, 0.2) is 0 Å². The highest BCUT2D eigenvalue weighted by Gasteiger charge is 2.15. The van der Waals surface area contributed by atoms with E-state index in [0.29, 0.717) is 18.9 Å². The number of primary amides is 1. The first kappa shape index (κ1) is 43.4. The fraction of sp³-hybridized carbons (Fsp3) is 0.429. The first-order valence-corrected chi connectivity index (χ1v) is 17.5. The third-order valence-corrected chi connectivity index (χ3v) is 8.28. The molecule has 2 heterocycles. The van der Waals surface area contributed by atoms with Crippen molar-refractivity contribution in [3.63, 3.8) is 0 Å². The van der Waals surface area contributed by atoms with Gasteiger partial charge in [-0.2, -0.15) is 0 Å². The Morgan fingerprint density at radius 3 is 2.30 bits per heavy atom. The number of hydrogen-bond acceptors (Lipinski definition) is 5. The van der Waals surface area contributed by atoms with Crippen LogP contribution in [0.5, 0.6) is 0 Å². The molecule has 1 saturated carbocycles. The van der Waals surface area contributed by atoms with Gasteiger partial charge >= 0.3 is 0 Å². The van der Waals surface area contributed by atoms with Crippen LogP contribution in [0.2, 0.25) is 0 Å². The Bertz CT molecular complexity index is 1650. The number of nitrogens with two attached hydrogens (primary N) is 1. The maximum Gasteiger partial charge on any atom is 0.219 e. The molecular formula is C42H60FN5O2. The number of amides is 2. The molecule has 7 nitrogen and oxygen atoms in total. The van der Waals surface area contributed by atoms with E-state index >= 15 is 0 Å². The Morgan fingerprint density at radius 1 is 1.08 bits per heavy atom. The normalized spacial score (nSPS) is 12.4. The van der Waals surface area contributed by atoms with Crippen molar-refractivity contribution in [2.75, 3.05) is 13.1 Å². The van der Waals surface area contributed by atoms with E-state index < -0.39 is 5.91 Å². The second-order valence-electron chi connectivity index (χ2n) is 12.2. The van der Waals surface area contributed by atoms with E-state index in [1.54, 1.807) is 0 Å². The first-order valence-electron chi connectivity index (χ1n) is 17.5. The molecule has 2 aromatic carbocycles. The molecule has 0 bridgehead atoms. The molecule has 2 amide bonds. The summed E-state index contributed by atoms with van der Waals surface area (Å²) in [6.07, 6.45) is 9.52. The van der Waals surface area contributed by atoms with Gasteiger partial charge in [0.2, 0.25) is 12.3 Å². The first-order chi connectivity index (χ1) is 23.6. The molecule has 272 valence electrons. The highest BCUT2D eigenvalue weighted by atomic mass is 19.1. The summed E-state index contributed by atoms with van der Waals surface area (Å²) in [5, 5.41) is 7.06. The minimum atomic E-state index is -0.403. The van der Waals surface area contributed by atoms with Gasteiger partial charge in [-0.25, -0.2) is 4.39 Å². The molecule has 0 saturated heterocycles. The van der Waals surface area contributed by atoms with Gasteiger partial charge in [0, 0.05) is 54.5 Å². The Kier molecular flexibility index (Phi) is 19.9. The second-order valence-corrected chi connectivity index (χ2v) is 12.2. The van der Waals surface area contributed by atoms with Crippen LogP contribution >= 0.6 is 0 Å². The lowest BCUT2D eigenvalue weighted by Gasteiger charge is -2.19. The Morgan fingerprint density at radius 2 is 1.74 bits per heavy atom. The SMILES string of the molecule is C.C/C=C(\NCCc1cc(C(C)CC)c(C)c(-c2ccc(F)cc2)n1)c1cc(C)c2ncccc2c1.CC.CC1CC1.NC(=O)CCNC=O. The van der Waals surface area contributed by atoms with Crippen molar-refractivity contribution in [2.24, 2.45) is 11.7 Å². The summed E-state index contributed by atoms with van der Waals surface area (Å²) in [6.45, 7) is 18.1. The third-order valence-electron chi connectivity index (χ3n) is 8.28. The van der Waals surface area contributed by atoms with E-state index in [9.17, 15) is 14.0 Å². The molecule has 0 spiro atoms. The van der Waals surface area contributed by atoms with E-state index in [0.717, 1.165) is 64.4 Å². The summed E-state index contributed by atoms with van der Waals surface area (Å²) < 4.78 is 13.5. The summed E-state index contributed by atoms with van der Waals surface area (Å²) in [4.78, 5) is 29.0. The van der Waals surface area contributed by atoms with Crippen molar-refractivity contribution in [3.8, 4) is 11.3 Å². The number of pyridine rings is 2. The summed E-state index contributed by atoms with van der Waals surface area (Å²) in [5.41, 5.74) is 14.7. The molecule has 8 heteroatoms. The smallest absolute Gasteiger partial charge is 0.219 e. The van der Waals surface area contributed by atoms with E-state index in [1.165, 1.54) is 41.7 Å². The number of allylic oxidation sites excluding steroid dienone is 1. The Labute approximate surface area is 300 Å². The number of nitrogens with one attached hydrogen (secondary N) is 2. The number of carbonyl (C=O) groups is 2. The van der Waals surface area contributed by atoms with Gasteiger partial charge in [-0.05, 0) is 110 Å². The van der Waals surface area contributed by atoms with E-state index in [4.69, 9.17) is 10.7 Å². The minimum Gasteiger partial charge on any atom is -0.384 e. The summed E-state index contributed by atoms with van der Waals surface area (Å²) >= 11 is 0. The van der Waals surface area contributed by atoms with Gasteiger partial charge in [0.05, 0.1) is 11.2 Å². The molecule has 1 aliphatic rings. The van der Waals surface area contributed by atoms with Gasteiger partial charge < -0.3 is 16.4 Å². The van der Waals surface area contributed by atoms with Gasteiger partial charge in [-0.3, -0.25) is 19.6 Å². The molecule has 0 radical (unpaired) electrons. The molecule has 2 aromatic heterocycles. The molecular weight excluding hydrogens is 625 g/mol. The lowest BCUT2D eigenvalue weighted by molar-refractivity contribution is -0.118. The van der Waals surface area contributed by atoms with Crippen molar-refractivity contribution in [2.45, 2.75) is 101 Å². The summed E-state index contributed by atoms with van der Waals surface area (Å²) in [7, 11) is 0. The molecule has 50 heavy (non-hydrogen) atoms. The van der Waals surface area contributed by atoms with Crippen LogP contribution in [0, 0.1) is 25.6 Å². The van der Waals surface area contributed by atoms with Gasteiger partial charge in [0.1, 0.15) is 5.82 Å². The number of rotatable bonds is 12. The van der Waals surface area contributed by atoms with Crippen LogP contribution in [0.4, 0.5) is 4.39 Å². The van der Waals surface area contributed by atoms with Crippen LogP contribution in [0.1, 0.15) is 109 Å². The molecule has 0 aliphatic heterocycles. The lowest BCUT2D eigenvalue weighted by Crippen LogP contribution is -2.20. The van der Waals surface area contributed by atoms with Crippen LogP contribution < -0.4 is 16.4 Å². The fourth-order valence-corrected chi connectivity index (χ4v) is 5.08. The largest absolute Gasteiger partial charge is 0.384 e. The maximum absolute atomic E-state index is 13.5. The van der Waals surface area contributed by atoms with Crippen molar-refractivity contribution in [1.82, 2.24) is 20.6 Å². The van der Waals surface area contributed by atoms with E-state index in [-0.39, 0.29) is 19.7 Å². The van der Waals surface area contributed by atoms with E-state index in [2.05, 4.69) is 87.5 Å². The lowest BCUT2D eigenvalue weighted by atomic mass is 9.91. The predicted molar refractivity (Wildman–Crippen MR) is 209 cm³/mol. The maximum atomic E-state index is 13.5. The zero-order chi connectivity index (χ0) is 36.3. The molecule has 5 rings (SSSR count). The van der Waals surface area contributed by atoms with Crippen molar-refractivity contribution >= 4 is 28.9 Å². The Hall–Kier alpha value is -4.59. The van der Waals surface area contributed by atoms with Crippen LogP contribution in [-0.4, -0.2) is 35.4 Å². The monoisotopic (exact) mass is 685 g/mol. The quantitative estimate of drug-likeness (QED) is 0.102. The number of fused-ring (bicyclic) bond motifs is 1. The van der Waals surface area contributed by atoms with Crippen LogP contribution in [0.3, 0.4) is 0 Å². The molecule has 1 aliphatic carbocycles. The molecule has 4 aromatic rings. The van der Waals surface area contributed by atoms with Gasteiger partial charge in [-0.1, -0.05) is 67.0 Å². The number of aromatic nitrogens is 2. The number of carbonyl (C=O) groups excluding carboxylic acids is 2. The number of aryl methyl sites for hydroxylation is 1. The third kappa shape index (κ3) is 14.1. The molecule has 1 unspecified atom stereocenters. The van der Waals surface area contributed by atoms with Crippen molar-refractivity contribution < 1.29 is 14.0 Å².